The first-order chi connectivity index (χ1) is 13.9. The van der Waals surface area contributed by atoms with Crippen molar-refractivity contribution in [1.29, 1.82) is 0 Å². The molecule has 1 aliphatic rings. The predicted molar refractivity (Wildman–Crippen MR) is 108 cm³/mol. The summed E-state index contributed by atoms with van der Waals surface area (Å²) in [4.78, 5) is 27.9. The molecule has 0 saturated carbocycles. The van der Waals surface area contributed by atoms with E-state index in [9.17, 15) is 14.0 Å². The zero-order valence-corrected chi connectivity index (χ0v) is 16.8. The molecule has 0 N–H and O–H groups in total. The van der Waals surface area contributed by atoms with E-state index in [4.69, 9.17) is 21.1 Å². The number of hydrogen-bond acceptors (Lipinski definition) is 5. The van der Waals surface area contributed by atoms with Crippen LogP contribution < -0.4 is 9.64 Å². The fourth-order valence-corrected chi connectivity index (χ4v) is 3.14. The average molecular weight is 421 g/mol. The highest BCUT2D eigenvalue weighted by molar-refractivity contribution is 6.30. The van der Waals surface area contributed by atoms with Crippen molar-refractivity contribution in [2.75, 3.05) is 37.7 Å². The minimum absolute atomic E-state index is 0.282. The van der Waals surface area contributed by atoms with E-state index in [0.717, 1.165) is 0 Å². The number of anilines is 1. The van der Waals surface area contributed by atoms with Gasteiger partial charge in [0.2, 0.25) is 0 Å². The maximum Gasteiger partial charge on any atom is 0.347 e. The fraction of sp³-hybridized carbons (Fsp3) is 0.333. The molecule has 29 heavy (non-hydrogen) atoms. The van der Waals surface area contributed by atoms with Gasteiger partial charge in [0.1, 0.15) is 11.6 Å². The molecule has 1 aliphatic heterocycles. The van der Waals surface area contributed by atoms with Crippen LogP contribution in [-0.4, -0.2) is 55.7 Å². The predicted octanol–water partition coefficient (Wildman–Crippen LogP) is 3.14. The van der Waals surface area contributed by atoms with Crippen LogP contribution in [0.4, 0.5) is 10.1 Å². The summed E-state index contributed by atoms with van der Waals surface area (Å²) in [5.41, 5.74) is 0.527. The van der Waals surface area contributed by atoms with Crippen molar-refractivity contribution in [3.8, 4) is 5.75 Å². The Morgan fingerprint density at radius 2 is 1.72 bits per heavy atom. The van der Waals surface area contributed by atoms with Crippen LogP contribution in [0.1, 0.15) is 6.92 Å². The third kappa shape index (κ3) is 5.60. The Balaban J connectivity index is 1.43. The normalized spacial score (nSPS) is 15.0. The summed E-state index contributed by atoms with van der Waals surface area (Å²) in [6.07, 6.45) is -0.859. The second kappa shape index (κ2) is 9.60. The van der Waals surface area contributed by atoms with E-state index in [1.165, 1.54) is 6.07 Å². The number of nitrogens with zero attached hydrogens (tertiary/aromatic N) is 2. The summed E-state index contributed by atoms with van der Waals surface area (Å²) >= 11 is 5.81. The Hall–Kier alpha value is -2.80. The van der Waals surface area contributed by atoms with Gasteiger partial charge < -0.3 is 19.3 Å². The van der Waals surface area contributed by atoms with Gasteiger partial charge in [-0.2, -0.15) is 0 Å². The van der Waals surface area contributed by atoms with Crippen molar-refractivity contribution in [2.45, 2.75) is 13.0 Å². The summed E-state index contributed by atoms with van der Waals surface area (Å²) in [7, 11) is 0. The molecule has 1 fully saturated rings. The number of benzene rings is 2. The molecule has 1 saturated heterocycles. The van der Waals surface area contributed by atoms with Crippen molar-refractivity contribution in [3.63, 3.8) is 0 Å². The van der Waals surface area contributed by atoms with E-state index in [1.807, 2.05) is 4.90 Å². The molecule has 0 radical (unpaired) electrons. The number of piperazine rings is 1. The quantitative estimate of drug-likeness (QED) is 0.672. The third-order valence-corrected chi connectivity index (χ3v) is 4.87. The number of esters is 1. The smallest absolute Gasteiger partial charge is 0.347 e. The van der Waals surface area contributed by atoms with E-state index in [0.29, 0.717) is 42.6 Å². The second-order valence-corrected chi connectivity index (χ2v) is 7.08. The fourth-order valence-electron chi connectivity index (χ4n) is 3.01. The van der Waals surface area contributed by atoms with Crippen LogP contribution in [0.25, 0.3) is 0 Å². The maximum absolute atomic E-state index is 13.9. The molecule has 2 aromatic carbocycles. The van der Waals surface area contributed by atoms with Gasteiger partial charge in [-0.25, -0.2) is 9.18 Å². The summed E-state index contributed by atoms with van der Waals surface area (Å²) in [5, 5.41) is 0.563. The number of halogens is 2. The van der Waals surface area contributed by atoms with Gasteiger partial charge in [0.25, 0.3) is 5.91 Å². The minimum Gasteiger partial charge on any atom is -0.479 e. The second-order valence-electron chi connectivity index (χ2n) is 6.64. The number of para-hydroxylation sites is 1. The zero-order valence-electron chi connectivity index (χ0n) is 16.0. The van der Waals surface area contributed by atoms with E-state index in [2.05, 4.69) is 0 Å². The Morgan fingerprint density at radius 1 is 1.07 bits per heavy atom. The Morgan fingerprint density at radius 3 is 2.38 bits per heavy atom. The molecular formula is C21H22ClFN2O4. The summed E-state index contributed by atoms with van der Waals surface area (Å²) in [6, 6.07) is 13.2. The van der Waals surface area contributed by atoms with Gasteiger partial charge >= 0.3 is 5.97 Å². The molecule has 1 atom stereocenters. The third-order valence-electron chi connectivity index (χ3n) is 4.62. The number of hydrogen-bond donors (Lipinski definition) is 0. The summed E-state index contributed by atoms with van der Waals surface area (Å²) < 4.78 is 24.5. The van der Waals surface area contributed by atoms with Crippen LogP contribution in [0.5, 0.6) is 5.75 Å². The Labute approximate surface area is 173 Å². The van der Waals surface area contributed by atoms with Crippen molar-refractivity contribution in [1.82, 2.24) is 4.90 Å². The topological polar surface area (TPSA) is 59.1 Å². The van der Waals surface area contributed by atoms with Gasteiger partial charge in [-0.1, -0.05) is 23.7 Å². The Bertz CT molecular complexity index is 854. The first-order valence-electron chi connectivity index (χ1n) is 9.30. The van der Waals surface area contributed by atoms with Gasteiger partial charge in [0, 0.05) is 31.2 Å². The monoisotopic (exact) mass is 420 g/mol. The number of amides is 1. The highest BCUT2D eigenvalue weighted by Crippen LogP contribution is 2.20. The number of ether oxygens (including phenoxy) is 2. The van der Waals surface area contributed by atoms with Gasteiger partial charge in [-0.15, -0.1) is 0 Å². The molecule has 2 aromatic rings. The molecule has 0 spiro atoms. The first-order valence-corrected chi connectivity index (χ1v) is 9.68. The lowest BCUT2D eigenvalue weighted by Gasteiger charge is -2.36. The van der Waals surface area contributed by atoms with Gasteiger partial charge in [-0.3, -0.25) is 4.79 Å². The molecule has 0 aliphatic carbocycles. The number of rotatable bonds is 6. The molecule has 1 heterocycles. The molecule has 3 rings (SSSR count). The Kier molecular flexibility index (Phi) is 6.93. The molecule has 8 heteroatoms. The van der Waals surface area contributed by atoms with Gasteiger partial charge in [-0.05, 0) is 43.3 Å². The van der Waals surface area contributed by atoms with Crippen LogP contribution in [0.3, 0.4) is 0 Å². The lowest BCUT2D eigenvalue weighted by Crippen LogP contribution is -2.50. The lowest BCUT2D eigenvalue weighted by atomic mass is 10.2. The highest BCUT2D eigenvalue weighted by atomic mass is 35.5. The van der Waals surface area contributed by atoms with E-state index in [1.54, 1.807) is 54.3 Å². The first kappa shape index (κ1) is 20.9. The molecule has 154 valence electrons. The van der Waals surface area contributed by atoms with Crippen LogP contribution in [0, 0.1) is 5.82 Å². The SMILES string of the molecule is C[C@@H](Oc1ccc(Cl)cc1)C(=O)OCC(=O)N1CCN(c2ccccc2F)CC1. The molecule has 0 aromatic heterocycles. The van der Waals surface area contributed by atoms with E-state index >= 15 is 0 Å². The van der Waals surface area contributed by atoms with Gasteiger partial charge in [0.15, 0.2) is 12.7 Å². The van der Waals surface area contributed by atoms with Crippen LogP contribution in [0.15, 0.2) is 48.5 Å². The molecule has 1 amide bonds. The highest BCUT2D eigenvalue weighted by Gasteiger charge is 2.24. The molecule has 0 bridgehead atoms. The van der Waals surface area contributed by atoms with Gasteiger partial charge in [0.05, 0.1) is 5.69 Å². The van der Waals surface area contributed by atoms with Crippen molar-refractivity contribution >= 4 is 29.2 Å². The largest absolute Gasteiger partial charge is 0.479 e. The van der Waals surface area contributed by atoms with E-state index in [-0.39, 0.29) is 18.3 Å². The van der Waals surface area contributed by atoms with Crippen LogP contribution in [-0.2, 0) is 14.3 Å². The zero-order chi connectivity index (χ0) is 20.8. The summed E-state index contributed by atoms with van der Waals surface area (Å²) in [6.45, 7) is 3.08. The number of carbonyl (C=O) groups is 2. The average Bonchev–Trinajstić information content (AvgIpc) is 2.74. The van der Waals surface area contributed by atoms with Crippen LogP contribution in [0.2, 0.25) is 5.02 Å². The summed E-state index contributed by atoms with van der Waals surface area (Å²) in [5.74, 6) is -0.714. The molecule has 6 nitrogen and oxygen atoms in total. The van der Waals surface area contributed by atoms with E-state index < -0.39 is 12.1 Å². The lowest BCUT2D eigenvalue weighted by molar-refractivity contribution is -0.157. The van der Waals surface area contributed by atoms with Crippen molar-refractivity contribution in [2.24, 2.45) is 0 Å². The standard InChI is InChI=1S/C21H22ClFN2O4/c1-15(29-17-8-6-16(22)7-9-17)21(27)28-14-20(26)25-12-10-24(11-13-25)19-5-3-2-4-18(19)23/h2-9,15H,10-14H2,1H3/t15-/m1/s1. The van der Waals surface area contributed by atoms with Crippen molar-refractivity contribution < 1.29 is 23.5 Å². The molecular weight excluding hydrogens is 399 g/mol. The maximum atomic E-state index is 13.9. The van der Waals surface area contributed by atoms with Crippen LogP contribution >= 0.6 is 11.6 Å². The van der Waals surface area contributed by atoms with Crippen molar-refractivity contribution in [3.05, 3.63) is 59.4 Å². The molecule has 0 unspecified atom stereocenters. The number of carbonyl (C=O) groups excluding carboxylic acids is 2. The minimum atomic E-state index is -0.859.